The highest BCUT2D eigenvalue weighted by Crippen LogP contribution is 2.25. The number of fused-ring (bicyclic) bond motifs is 1. The number of hydrogen-bond donors (Lipinski definition) is 0. The normalized spacial score (nSPS) is 17.5. The van der Waals surface area contributed by atoms with Gasteiger partial charge in [0.05, 0.1) is 5.52 Å². The molecule has 0 aliphatic carbocycles. The number of para-hydroxylation sites is 1. The van der Waals surface area contributed by atoms with Crippen molar-refractivity contribution >= 4 is 16.9 Å². The van der Waals surface area contributed by atoms with Crippen LogP contribution >= 0.6 is 0 Å². The molecular formula is C17H18N6O. The minimum Gasteiger partial charge on any atom is -0.340 e. The van der Waals surface area contributed by atoms with Crippen LogP contribution in [0, 0.1) is 6.92 Å². The molecule has 2 aromatic heterocycles. The number of aryl methyl sites for hydroxylation is 1. The van der Waals surface area contributed by atoms with E-state index >= 15 is 0 Å². The predicted molar refractivity (Wildman–Crippen MR) is 88.2 cm³/mol. The Morgan fingerprint density at radius 2 is 2.17 bits per heavy atom. The molecule has 1 saturated heterocycles. The Hall–Kier alpha value is -2.83. The molecule has 1 aromatic carbocycles. The van der Waals surface area contributed by atoms with E-state index in [1.54, 1.807) is 10.9 Å². The number of rotatable bonds is 3. The van der Waals surface area contributed by atoms with Gasteiger partial charge < -0.3 is 4.90 Å². The summed E-state index contributed by atoms with van der Waals surface area (Å²) >= 11 is 0. The van der Waals surface area contributed by atoms with Crippen LogP contribution in [0.4, 0.5) is 0 Å². The van der Waals surface area contributed by atoms with Gasteiger partial charge in [-0.1, -0.05) is 17.3 Å². The summed E-state index contributed by atoms with van der Waals surface area (Å²) in [6, 6.07) is 9.54. The maximum Gasteiger partial charge on any atom is 0.244 e. The van der Waals surface area contributed by atoms with E-state index in [1.165, 1.54) is 0 Å². The minimum absolute atomic E-state index is 0.0563. The van der Waals surface area contributed by atoms with E-state index in [4.69, 9.17) is 0 Å². The second kappa shape index (κ2) is 5.99. The summed E-state index contributed by atoms with van der Waals surface area (Å²) in [6.07, 6.45) is 2.68. The number of aromatic nitrogens is 5. The number of carbonyl (C=O) groups excluding carboxylic acids is 1. The summed E-state index contributed by atoms with van der Waals surface area (Å²) in [5.41, 5.74) is 2.64. The van der Waals surface area contributed by atoms with Crippen LogP contribution in [0.15, 0.2) is 36.5 Å². The quantitative estimate of drug-likeness (QED) is 0.731. The van der Waals surface area contributed by atoms with Crippen molar-refractivity contribution in [3.63, 3.8) is 0 Å². The van der Waals surface area contributed by atoms with E-state index < -0.39 is 0 Å². The molecule has 3 aromatic rings. The molecule has 7 nitrogen and oxygen atoms in total. The zero-order valence-electron chi connectivity index (χ0n) is 13.5. The number of hydrogen-bond acceptors (Lipinski definition) is 5. The van der Waals surface area contributed by atoms with Crippen LogP contribution in [0.3, 0.4) is 0 Å². The van der Waals surface area contributed by atoms with Crippen LogP contribution in [-0.2, 0) is 11.3 Å². The van der Waals surface area contributed by atoms with Crippen molar-refractivity contribution in [2.24, 2.45) is 0 Å². The molecule has 0 saturated carbocycles. The largest absolute Gasteiger partial charge is 0.340 e. The molecule has 0 bridgehead atoms. The summed E-state index contributed by atoms with van der Waals surface area (Å²) < 4.78 is 1.66. The van der Waals surface area contributed by atoms with Crippen LogP contribution in [-0.4, -0.2) is 48.9 Å². The number of nitrogens with zero attached hydrogens (tertiary/aromatic N) is 6. The van der Waals surface area contributed by atoms with Gasteiger partial charge in [-0.3, -0.25) is 4.79 Å². The Kier molecular flexibility index (Phi) is 3.68. The SMILES string of the molecule is Cc1ccnc([C@@H]2CCN(C(=O)Cn3nnc4ccccc43)C2)n1. The molecule has 0 N–H and O–H groups in total. The van der Waals surface area contributed by atoms with E-state index in [0.717, 1.165) is 35.5 Å². The van der Waals surface area contributed by atoms with Gasteiger partial charge in [0.1, 0.15) is 17.9 Å². The molecular weight excluding hydrogens is 304 g/mol. The van der Waals surface area contributed by atoms with Crippen molar-refractivity contribution < 1.29 is 4.79 Å². The first-order valence-electron chi connectivity index (χ1n) is 8.06. The Labute approximate surface area is 139 Å². The summed E-state index contributed by atoms with van der Waals surface area (Å²) in [5, 5.41) is 8.18. The smallest absolute Gasteiger partial charge is 0.244 e. The summed E-state index contributed by atoms with van der Waals surface area (Å²) in [4.78, 5) is 23.3. The third-order valence-electron chi connectivity index (χ3n) is 4.42. The van der Waals surface area contributed by atoms with Crippen LogP contribution in [0.1, 0.15) is 23.9 Å². The van der Waals surface area contributed by atoms with Gasteiger partial charge in [-0.05, 0) is 31.5 Å². The molecule has 7 heteroatoms. The molecule has 3 heterocycles. The topological polar surface area (TPSA) is 76.8 Å². The molecule has 0 unspecified atom stereocenters. The van der Waals surface area contributed by atoms with Gasteiger partial charge in [0.15, 0.2) is 0 Å². The van der Waals surface area contributed by atoms with Gasteiger partial charge in [-0.25, -0.2) is 14.6 Å². The maximum atomic E-state index is 12.6. The third kappa shape index (κ3) is 2.73. The molecule has 1 fully saturated rings. The second-order valence-electron chi connectivity index (χ2n) is 6.12. The molecule has 1 atom stereocenters. The Balaban J connectivity index is 1.46. The molecule has 4 rings (SSSR count). The van der Waals surface area contributed by atoms with E-state index in [-0.39, 0.29) is 18.4 Å². The lowest BCUT2D eigenvalue weighted by Crippen LogP contribution is -2.32. The fourth-order valence-electron chi connectivity index (χ4n) is 3.12. The number of benzene rings is 1. The Morgan fingerprint density at radius 1 is 1.29 bits per heavy atom. The van der Waals surface area contributed by atoms with E-state index in [9.17, 15) is 4.79 Å². The molecule has 24 heavy (non-hydrogen) atoms. The zero-order valence-corrected chi connectivity index (χ0v) is 13.5. The highest BCUT2D eigenvalue weighted by molar-refractivity contribution is 5.80. The zero-order chi connectivity index (χ0) is 16.5. The molecule has 1 aliphatic heterocycles. The van der Waals surface area contributed by atoms with Gasteiger partial charge in [-0.15, -0.1) is 5.10 Å². The van der Waals surface area contributed by atoms with Crippen molar-refractivity contribution in [2.45, 2.75) is 25.8 Å². The first-order valence-corrected chi connectivity index (χ1v) is 8.06. The van der Waals surface area contributed by atoms with Gasteiger partial charge in [0.25, 0.3) is 0 Å². The highest BCUT2D eigenvalue weighted by atomic mass is 16.2. The Bertz CT molecular complexity index is 889. The fourth-order valence-corrected chi connectivity index (χ4v) is 3.12. The summed E-state index contributed by atoms with van der Waals surface area (Å²) in [7, 11) is 0. The number of likely N-dealkylation sites (tertiary alicyclic amines) is 1. The van der Waals surface area contributed by atoms with Gasteiger partial charge in [-0.2, -0.15) is 0 Å². The average molecular weight is 322 g/mol. The van der Waals surface area contributed by atoms with Gasteiger partial charge >= 0.3 is 0 Å². The lowest BCUT2D eigenvalue weighted by molar-refractivity contribution is -0.130. The number of amides is 1. The van der Waals surface area contributed by atoms with Crippen LogP contribution < -0.4 is 0 Å². The lowest BCUT2D eigenvalue weighted by Gasteiger charge is -2.16. The van der Waals surface area contributed by atoms with Crippen molar-refractivity contribution in [3.8, 4) is 0 Å². The van der Waals surface area contributed by atoms with Crippen molar-refractivity contribution in [2.75, 3.05) is 13.1 Å². The Morgan fingerprint density at radius 3 is 3.04 bits per heavy atom. The van der Waals surface area contributed by atoms with Crippen molar-refractivity contribution in [3.05, 3.63) is 48.0 Å². The highest BCUT2D eigenvalue weighted by Gasteiger charge is 2.29. The molecule has 1 amide bonds. The van der Waals surface area contributed by atoms with Crippen LogP contribution in [0.5, 0.6) is 0 Å². The predicted octanol–water partition coefficient (Wildman–Crippen LogP) is 1.55. The second-order valence-corrected chi connectivity index (χ2v) is 6.12. The summed E-state index contributed by atoms with van der Waals surface area (Å²) in [6.45, 7) is 3.56. The molecule has 1 aliphatic rings. The first kappa shape index (κ1) is 14.7. The average Bonchev–Trinajstić information content (AvgIpc) is 3.23. The van der Waals surface area contributed by atoms with Crippen molar-refractivity contribution in [1.82, 2.24) is 29.9 Å². The van der Waals surface area contributed by atoms with Gasteiger partial charge in [0.2, 0.25) is 5.91 Å². The lowest BCUT2D eigenvalue weighted by atomic mass is 10.1. The van der Waals surface area contributed by atoms with Gasteiger partial charge in [0, 0.05) is 30.9 Å². The first-order chi connectivity index (χ1) is 11.7. The molecule has 0 radical (unpaired) electrons. The number of carbonyl (C=O) groups is 1. The van der Waals surface area contributed by atoms with Crippen LogP contribution in [0.2, 0.25) is 0 Å². The van der Waals surface area contributed by atoms with E-state index in [0.29, 0.717) is 6.54 Å². The molecule has 122 valence electrons. The summed E-state index contributed by atoms with van der Waals surface area (Å²) in [5.74, 6) is 1.10. The standard InChI is InChI=1S/C17H18N6O/c1-12-6-8-18-17(19-12)13-7-9-22(10-13)16(24)11-23-15-5-3-2-4-14(15)20-21-23/h2-6,8,13H,7,9-11H2,1H3/t13-/m1/s1. The van der Waals surface area contributed by atoms with E-state index in [2.05, 4.69) is 20.3 Å². The third-order valence-corrected chi connectivity index (χ3v) is 4.42. The van der Waals surface area contributed by atoms with Crippen molar-refractivity contribution in [1.29, 1.82) is 0 Å². The maximum absolute atomic E-state index is 12.6. The monoisotopic (exact) mass is 322 g/mol. The molecule has 0 spiro atoms. The van der Waals surface area contributed by atoms with E-state index in [1.807, 2.05) is 42.2 Å². The van der Waals surface area contributed by atoms with Crippen LogP contribution in [0.25, 0.3) is 11.0 Å². The fraction of sp³-hybridized carbons (Fsp3) is 0.353. The minimum atomic E-state index is 0.0563.